The molecule has 1 aliphatic rings. The predicted molar refractivity (Wildman–Crippen MR) is 135 cm³/mol. The van der Waals surface area contributed by atoms with Crippen LogP contribution in [0.3, 0.4) is 0 Å². The lowest BCUT2D eigenvalue weighted by atomic mass is 9.69. The Morgan fingerprint density at radius 3 is 2.42 bits per heavy atom. The summed E-state index contributed by atoms with van der Waals surface area (Å²) in [7, 11) is 0. The Hall–Kier alpha value is -3.33. The van der Waals surface area contributed by atoms with Crippen LogP contribution in [-0.4, -0.2) is 5.11 Å². The fourth-order valence-corrected chi connectivity index (χ4v) is 5.00. The number of aromatic hydroxyl groups is 1. The molecule has 0 unspecified atom stereocenters. The molecule has 33 heavy (non-hydrogen) atoms. The predicted octanol–water partition coefficient (Wildman–Crippen LogP) is 9.12. The van der Waals surface area contributed by atoms with Crippen LogP contribution in [0.5, 0.6) is 17.2 Å². The molecule has 0 aliphatic heterocycles. The third-order valence-electron chi connectivity index (χ3n) is 6.75. The second-order valence-electron chi connectivity index (χ2n) is 9.54. The van der Waals surface area contributed by atoms with Gasteiger partial charge in [-0.2, -0.15) is 0 Å². The number of rotatable bonds is 5. The number of benzene rings is 3. The Kier molecular flexibility index (Phi) is 6.16. The highest BCUT2D eigenvalue weighted by atomic mass is 19.1. The SMILES string of the molecule is C=C(C(C)=C(F)c1cccc(Oc2cccc3ccccc23)c1O)C1=C(C)CCCC1(C)C. The van der Waals surface area contributed by atoms with Gasteiger partial charge in [0.05, 0.1) is 5.56 Å². The van der Waals surface area contributed by atoms with Gasteiger partial charge in [-0.3, -0.25) is 0 Å². The highest BCUT2D eigenvalue weighted by molar-refractivity contribution is 5.88. The van der Waals surface area contributed by atoms with Gasteiger partial charge >= 0.3 is 0 Å². The minimum absolute atomic E-state index is 0.0532. The molecule has 2 nitrogen and oxygen atoms in total. The molecule has 3 aromatic carbocycles. The van der Waals surface area contributed by atoms with Gasteiger partial charge in [-0.1, -0.05) is 68.5 Å². The summed E-state index contributed by atoms with van der Waals surface area (Å²) in [5, 5.41) is 12.9. The highest BCUT2D eigenvalue weighted by Crippen LogP contribution is 2.47. The second-order valence-corrected chi connectivity index (χ2v) is 9.54. The summed E-state index contributed by atoms with van der Waals surface area (Å²) in [5.41, 5.74) is 3.59. The zero-order chi connectivity index (χ0) is 23.8. The average molecular weight is 443 g/mol. The molecule has 0 saturated carbocycles. The van der Waals surface area contributed by atoms with Gasteiger partial charge in [-0.15, -0.1) is 0 Å². The molecule has 3 heteroatoms. The number of fused-ring (bicyclic) bond motifs is 1. The maximum Gasteiger partial charge on any atom is 0.169 e. The minimum Gasteiger partial charge on any atom is -0.504 e. The monoisotopic (exact) mass is 442 g/mol. The first kappa shape index (κ1) is 22.8. The molecule has 4 rings (SSSR count). The van der Waals surface area contributed by atoms with E-state index in [9.17, 15) is 5.11 Å². The van der Waals surface area contributed by atoms with Crippen LogP contribution >= 0.6 is 0 Å². The van der Waals surface area contributed by atoms with Crippen LogP contribution in [0.25, 0.3) is 16.6 Å². The Morgan fingerprint density at radius 1 is 1.00 bits per heavy atom. The summed E-state index contributed by atoms with van der Waals surface area (Å²) in [6.07, 6.45) is 3.19. The van der Waals surface area contributed by atoms with Gasteiger partial charge in [-0.25, -0.2) is 4.39 Å². The van der Waals surface area contributed by atoms with Crippen LogP contribution in [0.2, 0.25) is 0 Å². The van der Waals surface area contributed by atoms with Crippen molar-refractivity contribution in [3.63, 3.8) is 0 Å². The van der Waals surface area contributed by atoms with E-state index in [4.69, 9.17) is 4.74 Å². The van der Waals surface area contributed by atoms with Crippen molar-refractivity contribution < 1.29 is 14.2 Å². The molecule has 0 bridgehead atoms. The van der Waals surface area contributed by atoms with Crippen LogP contribution < -0.4 is 4.74 Å². The number of allylic oxidation sites excluding steroid dienone is 4. The number of ether oxygens (including phenoxy) is 1. The number of hydrogen-bond donors (Lipinski definition) is 1. The minimum atomic E-state index is -0.484. The van der Waals surface area contributed by atoms with Crippen molar-refractivity contribution in [2.45, 2.75) is 47.0 Å². The van der Waals surface area contributed by atoms with E-state index in [1.54, 1.807) is 25.1 Å². The van der Waals surface area contributed by atoms with Gasteiger partial charge in [0.1, 0.15) is 11.6 Å². The van der Waals surface area contributed by atoms with Crippen LogP contribution in [0.15, 0.2) is 89.5 Å². The number of hydrogen-bond acceptors (Lipinski definition) is 2. The Labute approximate surface area is 195 Å². The van der Waals surface area contributed by atoms with E-state index in [0.29, 0.717) is 16.9 Å². The van der Waals surface area contributed by atoms with Crippen molar-refractivity contribution in [3.8, 4) is 17.2 Å². The van der Waals surface area contributed by atoms with Crippen molar-refractivity contribution in [3.05, 3.63) is 95.1 Å². The number of para-hydroxylation sites is 1. The molecule has 1 aliphatic carbocycles. The van der Waals surface area contributed by atoms with Crippen molar-refractivity contribution in [1.29, 1.82) is 0 Å². The largest absolute Gasteiger partial charge is 0.504 e. The lowest BCUT2D eigenvalue weighted by Crippen LogP contribution is -2.22. The Bertz CT molecular complexity index is 1290. The summed E-state index contributed by atoms with van der Waals surface area (Å²) in [6, 6.07) is 18.5. The molecule has 0 radical (unpaired) electrons. The van der Waals surface area contributed by atoms with Crippen molar-refractivity contribution >= 4 is 16.6 Å². The maximum atomic E-state index is 15.7. The molecule has 0 saturated heterocycles. The summed E-state index contributed by atoms with van der Waals surface area (Å²) in [6.45, 7) is 12.5. The van der Waals surface area contributed by atoms with Gasteiger partial charge in [-0.05, 0) is 78.8 Å². The van der Waals surface area contributed by atoms with Crippen molar-refractivity contribution in [2.24, 2.45) is 5.41 Å². The second kappa shape index (κ2) is 8.90. The molecule has 1 N–H and O–H groups in total. The molecule has 0 heterocycles. The van der Waals surface area contributed by atoms with E-state index in [1.807, 2.05) is 42.5 Å². The van der Waals surface area contributed by atoms with Crippen LogP contribution in [0.4, 0.5) is 4.39 Å². The Morgan fingerprint density at radius 2 is 1.67 bits per heavy atom. The molecule has 3 aromatic rings. The lowest BCUT2D eigenvalue weighted by molar-refractivity contribution is 0.373. The van der Waals surface area contributed by atoms with Gasteiger partial charge in [0.25, 0.3) is 0 Å². The van der Waals surface area contributed by atoms with E-state index < -0.39 is 5.83 Å². The van der Waals surface area contributed by atoms with Gasteiger partial charge in [0.2, 0.25) is 0 Å². The highest BCUT2D eigenvalue weighted by Gasteiger charge is 2.31. The van der Waals surface area contributed by atoms with Crippen LogP contribution in [-0.2, 0) is 0 Å². The van der Waals surface area contributed by atoms with Crippen LogP contribution in [0.1, 0.15) is 52.5 Å². The molecule has 0 spiro atoms. The first-order valence-corrected chi connectivity index (χ1v) is 11.4. The van der Waals surface area contributed by atoms with E-state index >= 15 is 4.39 Å². The lowest BCUT2D eigenvalue weighted by Gasteiger charge is -2.36. The number of phenolic OH excluding ortho intramolecular Hbond substituents is 1. The van der Waals surface area contributed by atoms with Gasteiger partial charge in [0.15, 0.2) is 11.5 Å². The smallest absolute Gasteiger partial charge is 0.169 e. The summed E-state index contributed by atoms with van der Waals surface area (Å²) >= 11 is 0. The summed E-state index contributed by atoms with van der Waals surface area (Å²) in [4.78, 5) is 0. The zero-order valence-electron chi connectivity index (χ0n) is 19.8. The maximum absolute atomic E-state index is 15.7. The van der Waals surface area contributed by atoms with E-state index in [2.05, 4.69) is 27.4 Å². The fourth-order valence-electron chi connectivity index (χ4n) is 5.00. The first-order chi connectivity index (χ1) is 15.7. The standard InChI is InChI=1S/C30H31FO2/c1-19-11-10-18-30(4,5)27(19)20(2)21(3)28(31)24-15-9-17-26(29(24)32)33-25-16-8-13-22-12-6-7-14-23(22)25/h6-9,12-17,32H,2,10-11,18H2,1,3-5H3. The molecule has 0 aromatic heterocycles. The summed E-state index contributed by atoms with van der Waals surface area (Å²) < 4.78 is 21.8. The van der Waals surface area contributed by atoms with E-state index in [0.717, 1.165) is 35.6 Å². The van der Waals surface area contributed by atoms with Crippen LogP contribution in [0, 0.1) is 5.41 Å². The number of phenols is 1. The average Bonchev–Trinajstić information content (AvgIpc) is 2.79. The molecule has 0 fully saturated rings. The molecular weight excluding hydrogens is 411 g/mol. The van der Waals surface area contributed by atoms with Crippen molar-refractivity contribution in [1.82, 2.24) is 0 Å². The molecule has 0 amide bonds. The normalized spacial score (nSPS) is 16.5. The summed E-state index contributed by atoms with van der Waals surface area (Å²) in [5.74, 6) is 0.118. The van der Waals surface area contributed by atoms with Crippen molar-refractivity contribution in [2.75, 3.05) is 0 Å². The number of halogens is 1. The van der Waals surface area contributed by atoms with E-state index in [1.165, 1.54) is 5.57 Å². The van der Waals surface area contributed by atoms with Gasteiger partial charge in [0, 0.05) is 5.39 Å². The first-order valence-electron chi connectivity index (χ1n) is 11.4. The Balaban J connectivity index is 1.72. The third-order valence-corrected chi connectivity index (χ3v) is 6.75. The quantitative estimate of drug-likeness (QED) is 0.399. The van der Waals surface area contributed by atoms with E-state index in [-0.39, 0.29) is 22.5 Å². The molecule has 0 atom stereocenters. The molecular formula is C30H31FO2. The van der Waals surface area contributed by atoms with Gasteiger partial charge < -0.3 is 9.84 Å². The fraction of sp³-hybridized carbons (Fsp3) is 0.267. The molecule has 170 valence electrons. The topological polar surface area (TPSA) is 29.5 Å². The zero-order valence-corrected chi connectivity index (χ0v) is 19.8. The third kappa shape index (κ3) is 4.32.